The molecule has 0 spiro atoms. The van der Waals surface area contributed by atoms with Crippen molar-refractivity contribution < 1.29 is 4.52 Å². The van der Waals surface area contributed by atoms with Gasteiger partial charge in [0, 0.05) is 13.0 Å². The Bertz CT molecular complexity index is 1380. The Morgan fingerprint density at radius 3 is 2.90 bits per heavy atom. The Labute approximate surface area is 171 Å². The van der Waals surface area contributed by atoms with Crippen LogP contribution in [-0.2, 0) is 13.6 Å². The molecule has 2 aliphatic rings. The molecule has 1 fully saturated rings. The third-order valence-electron chi connectivity index (χ3n) is 6.26. The number of rotatable bonds is 4. The second-order valence-corrected chi connectivity index (χ2v) is 8.28. The van der Waals surface area contributed by atoms with Crippen LogP contribution in [0.1, 0.15) is 35.2 Å². The van der Waals surface area contributed by atoms with Crippen LogP contribution in [0.2, 0.25) is 0 Å². The highest BCUT2D eigenvalue weighted by atomic mass is 16.5. The van der Waals surface area contributed by atoms with Crippen LogP contribution in [0.5, 0.6) is 0 Å². The van der Waals surface area contributed by atoms with Crippen LogP contribution in [0.15, 0.2) is 52.3 Å². The molecule has 0 unspecified atom stereocenters. The number of hydrogen-bond acceptors (Lipinski definition) is 6. The summed E-state index contributed by atoms with van der Waals surface area (Å²) in [4.78, 5) is 25.6. The lowest BCUT2D eigenvalue weighted by molar-refractivity contribution is 0.364. The molecule has 0 saturated heterocycles. The van der Waals surface area contributed by atoms with Gasteiger partial charge in [-0.05, 0) is 36.3 Å². The van der Waals surface area contributed by atoms with Gasteiger partial charge in [0.15, 0.2) is 17.0 Å². The van der Waals surface area contributed by atoms with Gasteiger partial charge in [-0.2, -0.15) is 4.98 Å². The van der Waals surface area contributed by atoms with Crippen LogP contribution in [0.4, 0.5) is 0 Å². The molecule has 3 atom stereocenters. The molecule has 150 valence electrons. The Hall–Kier alpha value is -3.55. The van der Waals surface area contributed by atoms with Crippen molar-refractivity contribution in [2.24, 2.45) is 18.9 Å². The van der Waals surface area contributed by atoms with Crippen molar-refractivity contribution in [2.75, 3.05) is 0 Å². The van der Waals surface area contributed by atoms with E-state index in [2.05, 4.69) is 57.4 Å². The van der Waals surface area contributed by atoms with Crippen LogP contribution in [0.3, 0.4) is 0 Å². The fourth-order valence-corrected chi connectivity index (χ4v) is 4.67. The first-order chi connectivity index (χ1) is 14.6. The summed E-state index contributed by atoms with van der Waals surface area (Å²) in [5.41, 5.74) is 4.73. The highest BCUT2D eigenvalue weighted by Gasteiger charge is 2.55. The lowest BCUT2D eigenvalue weighted by Gasteiger charge is -2.06. The topological polar surface area (TPSA) is 91.6 Å². The molecule has 0 amide bonds. The van der Waals surface area contributed by atoms with Gasteiger partial charge in [0.1, 0.15) is 12.9 Å². The molecule has 3 aromatic heterocycles. The van der Waals surface area contributed by atoms with E-state index in [4.69, 9.17) is 4.52 Å². The third-order valence-corrected chi connectivity index (χ3v) is 6.26. The first-order valence-corrected chi connectivity index (χ1v) is 10.0. The summed E-state index contributed by atoms with van der Waals surface area (Å²) in [6, 6.07) is 8.65. The molecule has 0 N–H and O–H groups in total. The van der Waals surface area contributed by atoms with Crippen LogP contribution in [-0.4, -0.2) is 29.2 Å². The molecule has 8 nitrogen and oxygen atoms in total. The van der Waals surface area contributed by atoms with E-state index >= 15 is 0 Å². The molecule has 3 heterocycles. The third kappa shape index (κ3) is 2.63. The average molecular weight is 400 g/mol. The molecule has 1 aromatic carbocycles. The zero-order valence-electron chi connectivity index (χ0n) is 16.7. The van der Waals surface area contributed by atoms with Gasteiger partial charge in [-0.15, -0.1) is 0 Å². The van der Waals surface area contributed by atoms with Gasteiger partial charge in [0.2, 0.25) is 5.89 Å². The van der Waals surface area contributed by atoms with Gasteiger partial charge < -0.3 is 9.09 Å². The highest BCUT2D eigenvalue weighted by Crippen LogP contribution is 2.62. The second-order valence-electron chi connectivity index (χ2n) is 8.28. The van der Waals surface area contributed by atoms with Crippen LogP contribution >= 0.6 is 0 Å². The first-order valence-electron chi connectivity index (χ1n) is 10.0. The summed E-state index contributed by atoms with van der Waals surface area (Å²) >= 11 is 0. The number of nitrogens with zero attached hydrogens (tertiary/aromatic N) is 6. The molecule has 0 bridgehead atoms. The maximum absolute atomic E-state index is 12.7. The van der Waals surface area contributed by atoms with Crippen molar-refractivity contribution in [3.8, 4) is 0 Å². The standard InChI is InChI=1S/C22H20N6O2/c1-12-4-3-5-13(6-12)14-7-15-16(8-14)18(15)20-25-17(30-26-20)9-28-11-24-21-19(22(28)29)27(2)10-23-21/h3-7,10-11,15-16,18H,8-9H2,1-2H3/t15-,16+,18+/m1/s1. The fourth-order valence-electron chi connectivity index (χ4n) is 4.67. The van der Waals surface area contributed by atoms with Crippen LogP contribution in [0, 0.1) is 18.8 Å². The Balaban J connectivity index is 1.21. The van der Waals surface area contributed by atoms with Crippen molar-refractivity contribution in [3.63, 3.8) is 0 Å². The summed E-state index contributed by atoms with van der Waals surface area (Å²) < 4.78 is 8.60. The van der Waals surface area contributed by atoms with Gasteiger partial charge in [-0.3, -0.25) is 9.36 Å². The van der Waals surface area contributed by atoms with Crippen LogP contribution in [0.25, 0.3) is 16.7 Å². The lowest BCUT2D eigenvalue weighted by atomic mass is 9.99. The van der Waals surface area contributed by atoms with Gasteiger partial charge in [0.25, 0.3) is 5.56 Å². The molecule has 0 radical (unpaired) electrons. The van der Waals surface area contributed by atoms with Crippen molar-refractivity contribution in [1.82, 2.24) is 29.2 Å². The fraction of sp³-hybridized carbons (Fsp3) is 0.318. The average Bonchev–Trinajstić information content (AvgIpc) is 3.16. The summed E-state index contributed by atoms with van der Waals surface area (Å²) in [5, 5.41) is 4.20. The largest absolute Gasteiger partial charge is 0.337 e. The first kappa shape index (κ1) is 17.3. The highest BCUT2D eigenvalue weighted by molar-refractivity contribution is 5.71. The molecule has 30 heavy (non-hydrogen) atoms. The van der Waals surface area contributed by atoms with E-state index in [0.29, 0.717) is 34.8 Å². The minimum Gasteiger partial charge on any atom is -0.337 e. The van der Waals surface area contributed by atoms with Crippen LogP contribution < -0.4 is 5.56 Å². The number of hydrogen-bond donors (Lipinski definition) is 0. The number of allylic oxidation sites excluding steroid dienone is 2. The molecule has 2 aliphatic carbocycles. The molecule has 4 aromatic rings. The normalized spacial score (nSPS) is 22.3. The van der Waals surface area contributed by atoms with Crippen molar-refractivity contribution in [2.45, 2.75) is 25.8 Å². The van der Waals surface area contributed by atoms with E-state index < -0.39 is 0 Å². The SMILES string of the molecule is Cc1cccc(C2=C[C@@H]3[C@H](C2)[C@H]3c2noc(Cn3cnc4ncn(C)c4c3=O)n2)c1. The minimum absolute atomic E-state index is 0.172. The maximum atomic E-state index is 12.7. The number of aryl methyl sites for hydroxylation is 2. The number of fused-ring (bicyclic) bond motifs is 2. The predicted octanol–water partition coefficient (Wildman–Crippen LogP) is 2.69. The Morgan fingerprint density at radius 2 is 2.10 bits per heavy atom. The van der Waals surface area contributed by atoms with Gasteiger partial charge in [0.05, 0.1) is 6.33 Å². The summed E-state index contributed by atoms with van der Waals surface area (Å²) in [6.07, 6.45) is 6.47. The van der Waals surface area contributed by atoms with Crippen molar-refractivity contribution >= 4 is 16.7 Å². The molecular weight excluding hydrogens is 380 g/mol. The van der Waals surface area contributed by atoms with E-state index in [9.17, 15) is 4.79 Å². The zero-order valence-corrected chi connectivity index (χ0v) is 16.7. The summed E-state index contributed by atoms with van der Waals surface area (Å²) in [6.45, 7) is 2.32. The van der Waals surface area contributed by atoms with Crippen molar-refractivity contribution in [1.29, 1.82) is 0 Å². The number of aromatic nitrogens is 6. The van der Waals surface area contributed by atoms with Crippen molar-refractivity contribution in [3.05, 3.63) is 76.2 Å². The summed E-state index contributed by atoms with van der Waals surface area (Å²) in [7, 11) is 1.78. The van der Waals surface area contributed by atoms with E-state index in [0.717, 1.165) is 12.2 Å². The Morgan fingerprint density at radius 1 is 1.23 bits per heavy atom. The van der Waals surface area contributed by atoms with E-state index in [1.807, 2.05) is 0 Å². The lowest BCUT2D eigenvalue weighted by Crippen LogP contribution is -2.22. The molecule has 0 aliphatic heterocycles. The van der Waals surface area contributed by atoms with E-state index in [-0.39, 0.29) is 12.1 Å². The minimum atomic E-state index is -0.172. The quantitative estimate of drug-likeness (QED) is 0.523. The van der Waals surface area contributed by atoms with E-state index in [1.54, 1.807) is 17.9 Å². The number of imidazole rings is 1. The molecule has 6 rings (SSSR count). The monoisotopic (exact) mass is 400 g/mol. The van der Waals surface area contributed by atoms with Gasteiger partial charge >= 0.3 is 0 Å². The number of benzene rings is 1. The second kappa shape index (κ2) is 6.22. The molecular formula is C22H20N6O2. The predicted molar refractivity (Wildman–Crippen MR) is 110 cm³/mol. The van der Waals surface area contributed by atoms with Gasteiger partial charge in [-0.1, -0.05) is 41.1 Å². The van der Waals surface area contributed by atoms with E-state index in [1.165, 1.54) is 27.6 Å². The zero-order chi connectivity index (χ0) is 20.4. The van der Waals surface area contributed by atoms with Gasteiger partial charge in [-0.25, -0.2) is 9.97 Å². The Kier molecular flexibility index (Phi) is 3.59. The molecule has 1 saturated carbocycles. The smallest absolute Gasteiger partial charge is 0.280 e. The maximum Gasteiger partial charge on any atom is 0.280 e. The molecule has 8 heteroatoms. The summed E-state index contributed by atoms with van der Waals surface area (Å²) in [5.74, 6) is 2.48.